The SMILES string of the molecule is CCOc1cccc2c1OC[C@@H](C(=O)N[C@H](CO)COC)C2. The average Bonchev–Trinajstić information content (AvgIpc) is 2.54. The molecule has 122 valence electrons. The lowest BCUT2D eigenvalue weighted by molar-refractivity contribution is -0.127. The molecule has 1 aliphatic heterocycles. The largest absolute Gasteiger partial charge is 0.490 e. The molecule has 1 aromatic rings. The highest BCUT2D eigenvalue weighted by atomic mass is 16.5. The zero-order valence-electron chi connectivity index (χ0n) is 13.0. The summed E-state index contributed by atoms with van der Waals surface area (Å²) in [5, 5.41) is 12.0. The molecule has 1 aromatic carbocycles. The van der Waals surface area contributed by atoms with Crippen molar-refractivity contribution < 1.29 is 24.1 Å². The molecule has 0 unspecified atom stereocenters. The van der Waals surface area contributed by atoms with Crippen LogP contribution >= 0.6 is 0 Å². The number of hydrogen-bond donors (Lipinski definition) is 2. The molecule has 6 nitrogen and oxygen atoms in total. The first kappa shape index (κ1) is 16.6. The lowest BCUT2D eigenvalue weighted by Crippen LogP contribution is -2.46. The van der Waals surface area contributed by atoms with Gasteiger partial charge in [-0.15, -0.1) is 0 Å². The third-order valence-corrected chi connectivity index (χ3v) is 3.56. The standard InChI is InChI=1S/C16H23NO5/c1-3-21-14-6-4-5-11-7-12(9-22-15(11)14)16(19)17-13(8-18)10-20-2/h4-6,12-13,18H,3,7-10H2,1-2H3,(H,17,19)/t12-,13+/m0/s1. The quantitative estimate of drug-likeness (QED) is 0.777. The number of fused-ring (bicyclic) bond motifs is 1. The number of ether oxygens (including phenoxy) is 3. The summed E-state index contributed by atoms with van der Waals surface area (Å²) in [6, 6.07) is 5.31. The average molecular weight is 309 g/mol. The minimum atomic E-state index is -0.395. The van der Waals surface area contributed by atoms with Crippen LogP contribution in [-0.2, 0) is 16.0 Å². The lowest BCUT2D eigenvalue weighted by Gasteiger charge is -2.27. The van der Waals surface area contributed by atoms with E-state index in [0.29, 0.717) is 25.4 Å². The molecule has 1 aliphatic rings. The molecule has 22 heavy (non-hydrogen) atoms. The number of nitrogens with one attached hydrogen (secondary N) is 1. The van der Waals surface area contributed by atoms with E-state index in [1.807, 2.05) is 25.1 Å². The van der Waals surface area contributed by atoms with E-state index in [9.17, 15) is 9.90 Å². The van der Waals surface area contributed by atoms with Crippen molar-refractivity contribution in [2.45, 2.75) is 19.4 Å². The molecule has 2 rings (SSSR count). The number of benzene rings is 1. The maximum Gasteiger partial charge on any atom is 0.227 e. The molecule has 0 fully saturated rings. The second-order valence-electron chi connectivity index (χ2n) is 5.23. The summed E-state index contributed by atoms with van der Waals surface area (Å²) in [6.45, 7) is 2.91. The van der Waals surface area contributed by atoms with Crippen LogP contribution in [-0.4, -0.2) is 50.6 Å². The van der Waals surface area contributed by atoms with E-state index in [1.54, 1.807) is 0 Å². The number of methoxy groups -OCH3 is 1. The molecule has 0 saturated carbocycles. The van der Waals surface area contributed by atoms with Gasteiger partial charge in [-0.05, 0) is 25.0 Å². The van der Waals surface area contributed by atoms with Gasteiger partial charge in [0, 0.05) is 7.11 Å². The summed E-state index contributed by atoms with van der Waals surface area (Å²) in [5.41, 5.74) is 0.963. The Bertz CT molecular complexity index is 505. The molecule has 0 radical (unpaired) electrons. The second kappa shape index (κ2) is 8.00. The number of aliphatic hydroxyl groups is 1. The number of amides is 1. The van der Waals surface area contributed by atoms with Crippen LogP contribution < -0.4 is 14.8 Å². The zero-order valence-corrected chi connectivity index (χ0v) is 13.0. The van der Waals surface area contributed by atoms with Crippen molar-refractivity contribution in [1.29, 1.82) is 0 Å². The maximum absolute atomic E-state index is 12.3. The van der Waals surface area contributed by atoms with Crippen molar-refractivity contribution in [2.24, 2.45) is 5.92 Å². The number of carbonyl (C=O) groups is 1. The number of rotatable bonds is 7. The fourth-order valence-electron chi connectivity index (χ4n) is 2.49. The van der Waals surface area contributed by atoms with Gasteiger partial charge in [0.05, 0.1) is 31.8 Å². The van der Waals surface area contributed by atoms with E-state index in [1.165, 1.54) is 7.11 Å². The molecule has 1 heterocycles. The number of aliphatic hydroxyl groups excluding tert-OH is 1. The zero-order chi connectivity index (χ0) is 15.9. The third kappa shape index (κ3) is 3.90. The summed E-state index contributed by atoms with van der Waals surface area (Å²) in [7, 11) is 1.53. The first-order valence-corrected chi connectivity index (χ1v) is 7.47. The van der Waals surface area contributed by atoms with Crippen LogP contribution in [0.1, 0.15) is 12.5 Å². The van der Waals surface area contributed by atoms with E-state index >= 15 is 0 Å². The monoisotopic (exact) mass is 309 g/mol. The molecular formula is C16H23NO5. The van der Waals surface area contributed by atoms with Crippen molar-refractivity contribution in [3.05, 3.63) is 23.8 Å². The lowest BCUT2D eigenvalue weighted by atomic mass is 9.95. The van der Waals surface area contributed by atoms with Crippen molar-refractivity contribution >= 4 is 5.91 Å². The summed E-state index contributed by atoms with van der Waals surface area (Å²) >= 11 is 0. The second-order valence-corrected chi connectivity index (χ2v) is 5.23. The fourth-order valence-corrected chi connectivity index (χ4v) is 2.49. The highest BCUT2D eigenvalue weighted by Gasteiger charge is 2.29. The van der Waals surface area contributed by atoms with Gasteiger partial charge < -0.3 is 24.6 Å². The van der Waals surface area contributed by atoms with Crippen molar-refractivity contribution in [3.8, 4) is 11.5 Å². The van der Waals surface area contributed by atoms with E-state index in [2.05, 4.69) is 5.32 Å². The van der Waals surface area contributed by atoms with Crippen molar-refractivity contribution in [1.82, 2.24) is 5.32 Å². The van der Waals surface area contributed by atoms with Gasteiger partial charge in [-0.25, -0.2) is 0 Å². The molecule has 0 saturated heterocycles. The molecule has 2 N–H and O–H groups in total. The van der Waals surface area contributed by atoms with Crippen molar-refractivity contribution in [3.63, 3.8) is 0 Å². The van der Waals surface area contributed by atoms with Crippen LogP contribution in [0.3, 0.4) is 0 Å². The van der Waals surface area contributed by atoms with Gasteiger partial charge in [-0.2, -0.15) is 0 Å². The van der Waals surface area contributed by atoms with Crippen molar-refractivity contribution in [2.75, 3.05) is 33.5 Å². The van der Waals surface area contributed by atoms with Crippen LogP contribution in [0, 0.1) is 5.92 Å². The van der Waals surface area contributed by atoms with Gasteiger partial charge in [-0.3, -0.25) is 4.79 Å². The highest BCUT2D eigenvalue weighted by molar-refractivity contribution is 5.80. The van der Waals surface area contributed by atoms with Crippen LogP contribution in [0.2, 0.25) is 0 Å². The Morgan fingerprint density at radius 2 is 2.36 bits per heavy atom. The maximum atomic E-state index is 12.3. The highest BCUT2D eigenvalue weighted by Crippen LogP contribution is 2.36. The Hall–Kier alpha value is -1.79. The van der Waals surface area contributed by atoms with E-state index in [-0.39, 0.29) is 25.0 Å². The Labute approximate surface area is 130 Å². The number of carbonyl (C=O) groups excluding carboxylic acids is 1. The Morgan fingerprint density at radius 3 is 3.05 bits per heavy atom. The molecule has 2 atom stereocenters. The minimum absolute atomic E-state index is 0.136. The molecule has 0 bridgehead atoms. The molecule has 0 aliphatic carbocycles. The Balaban J connectivity index is 2.02. The predicted octanol–water partition coefficient (Wildman–Crippen LogP) is 0.760. The Kier molecular flexibility index (Phi) is 6.03. The summed E-state index contributed by atoms with van der Waals surface area (Å²) in [4.78, 5) is 12.3. The van der Waals surface area contributed by atoms with Gasteiger partial charge in [0.25, 0.3) is 0 Å². The fraction of sp³-hybridized carbons (Fsp3) is 0.562. The smallest absolute Gasteiger partial charge is 0.227 e. The van der Waals surface area contributed by atoms with Gasteiger partial charge in [0.2, 0.25) is 5.91 Å². The van der Waals surface area contributed by atoms with Gasteiger partial charge >= 0.3 is 0 Å². The van der Waals surface area contributed by atoms with E-state index in [4.69, 9.17) is 14.2 Å². The summed E-state index contributed by atoms with van der Waals surface area (Å²) < 4.78 is 16.2. The van der Waals surface area contributed by atoms with E-state index in [0.717, 1.165) is 11.3 Å². The van der Waals surface area contributed by atoms with Gasteiger partial charge in [0.15, 0.2) is 11.5 Å². The molecular weight excluding hydrogens is 286 g/mol. The van der Waals surface area contributed by atoms with Crippen LogP contribution in [0.4, 0.5) is 0 Å². The summed E-state index contributed by atoms with van der Waals surface area (Å²) in [6.07, 6.45) is 0.590. The third-order valence-electron chi connectivity index (χ3n) is 3.56. The topological polar surface area (TPSA) is 77.0 Å². The predicted molar refractivity (Wildman–Crippen MR) is 81.2 cm³/mol. The van der Waals surface area contributed by atoms with Crippen LogP contribution in [0.5, 0.6) is 11.5 Å². The number of hydrogen-bond acceptors (Lipinski definition) is 5. The molecule has 6 heteroatoms. The van der Waals surface area contributed by atoms with E-state index < -0.39 is 6.04 Å². The summed E-state index contributed by atoms with van der Waals surface area (Å²) in [5.74, 6) is 1.02. The van der Waals surface area contributed by atoms with Gasteiger partial charge in [-0.1, -0.05) is 12.1 Å². The first-order chi connectivity index (χ1) is 10.7. The van der Waals surface area contributed by atoms with Crippen LogP contribution in [0.25, 0.3) is 0 Å². The first-order valence-electron chi connectivity index (χ1n) is 7.47. The minimum Gasteiger partial charge on any atom is -0.490 e. The molecule has 0 aromatic heterocycles. The molecule has 0 spiro atoms. The normalized spacial score (nSPS) is 18.0. The molecule has 1 amide bonds. The Morgan fingerprint density at radius 1 is 1.55 bits per heavy atom. The number of para-hydroxylation sites is 1. The van der Waals surface area contributed by atoms with Gasteiger partial charge in [0.1, 0.15) is 6.61 Å². The van der Waals surface area contributed by atoms with Crippen LogP contribution in [0.15, 0.2) is 18.2 Å².